The summed E-state index contributed by atoms with van der Waals surface area (Å²) in [5.41, 5.74) is 3.41. The van der Waals surface area contributed by atoms with Crippen molar-refractivity contribution in [3.8, 4) is 5.69 Å². The second kappa shape index (κ2) is 7.35. The van der Waals surface area contributed by atoms with Crippen molar-refractivity contribution in [1.29, 1.82) is 0 Å². The number of carbonyl (C=O) groups excluding carboxylic acids is 1. The zero-order valence-corrected chi connectivity index (χ0v) is 15.1. The molecule has 25 heavy (non-hydrogen) atoms. The lowest BCUT2D eigenvalue weighted by atomic mass is 10.0. The molecular weight excluding hydrogens is 316 g/mol. The first-order valence-electron chi connectivity index (χ1n) is 8.95. The van der Waals surface area contributed by atoms with E-state index in [9.17, 15) is 9.90 Å². The lowest BCUT2D eigenvalue weighted by Crippen LogP contribution is -2.39. The Kier molecular flexibility index (Phi) is 5.18. The highest BCUT2D eigenvalue weighted by Gasteiger charge is 2.34. The van der Waals surface area contributed by atoms with Crippen LogP contribution in [0.3, 0.4) is 0 Å². The fraction of sp³-hybridized carbons (Fsp3) is 0.526. The van der Waals surface area contributed by atoms with Crippen LogP contribution in [0.4, 0.5) is 0 Å². The maximum absolute atomic E-state index is 12.8. The van der Waals surface area contributed by atoms with E-state index in [1.54, 1.807) is 4.68 Å². The molecule has 0 bridgehead atoms. The second-order valence-electron chi connectivity index (χ2n) is 7.18. The van der Waals surface area contributed by atoms with Gasteiger partial charge in [-0.15, -0.1) is 5.10 Å². The van der Waals surface area contributed by atoms with Crippen LogP contribution in [0.1, 0.15) is 60.8 Å². The van der Waals surface area contributed by atoms with Crippen molar-refractivity contribution >= 4 is 5.91 Å². The monoisotopic (exact) mass is 342 g/mol. The number of aryl methyl sites for hydroxylation is 1. The summed E-state index contributed by atoms with van der Waals surface area (Å²) in [7, 11) is 0. The van der Waals surface area contributed by atoms with Crippen molar-refractivity contribution in [3.05, 3.63) is 41.2 Å². The Balaban J connectivity index is 1.89. The first-order valence-corrected chi connectivity index (χ1v) is 8.95. The van der Waals surface area contributed by atoms with Gasteiger partial charge in [-0.2, -0.15) is 0 Å². The van der Waals surface area contributed by atoms with Gasteiger partial charge in [-0.25, -0.2) is 4.68 Å². The topological polar surface area (TPSA) is 80.0 Å². The van der Waals surface area contributed by atoms with E-state index < -0.39 is 0 Å². The largest absolute Gasteiger partial charge is 0.396 e. The quantitative estimate of drug-likeness (QED) is 0.810. The lowest BCUT2D eigenvalue weighted by molar-refractivity contribution is 0.0910. The number of nitrogens with one attached hydrogen (secondary N) is 1. The zero-order chi connectivity index (χ0) is 18.0. The molecule has 1 aliphatic carbocycles. The SMILES string of the molecule is Cc1ccc(-n2nnc(C(=O)NC(CCO)C(C)C)c2C2CC2)cc1. The number of aromatic nitrogens is 3. The average molecular weight is 342 g/mol. The minimum atomic E-state index is -0.201. The summed E-state index contributed by atoms with van der Waals surface area (Å²) < 4.78 is 1.79. The summed E-state index contributed by atoms with van der Waals surface area (Å²) in [6, 6.07) is 7.99. The third-order valence-electron chi connectivity index (χ3n) is 4.72. The van der Waals surface area contributed by atoms with Gasteiger partial charge in [-0.05, 0) is 44.2 Å². The molecular formula is C19H26N4O2. The van der Waals surface area contributed by atoms with Gasteiger partial charge in [0, 0.05) is 18.6 Å². The minimum absolute atomic E-state index is 0.0503. The number of benzene rings is 1. The number of hydrogen-bond acceptors (Lipinski definition) is 4. The molecule has 1 fully saturated rings. The molecule has 1 saturated carbocycles. The highest BCUT2D eigenvalue weighted by atomic mass is 16.3. The van der Waals surface area contributed by atoms with E-state index in [0.717, 1.165) is 24.2 Å². The molecule has 1 atom stereocenters. The van der Waals surface area contributed by atoms with Gasteiger partial charge in [0.1, 0.15) is 0 Å². The van der Waals surface area contributed by atoms with Gasteiger partial charge in [0.05, 0.1) is 11.4 Å². The smallest absolute Gasteiger partial charge is 0.274 e. The van der Waals surface area contributed by atoms with E-state index in [2.05, 4.69) is 15.6 Å². The fourth-order valence-corrected chi connectivity index (χ4v) is 3.00. The highest BCUT2D eigenvalue weighted by Crippen LogP contribution is 2.42. The Labute approximate surface area is 148 Å². The van der Waals surface area contributed by atoms with Crippen molar-refractivity contribution in [3.63, 3.8) is 0 Å². The van der Waals surface area contributed by atoms with E-state index in [0.29, 0.717) is 18.0 Å². The number of rotatable bonds is 7. The molecule has 0 spiro atoms. The molecule has 134 valence electrons. The molecule has 1 amide bonds. The normalized spacial score (nSPS) is 15.4. The third-order valence-corrected chi connectivity index (χ3v) is 4.72. The Morgan fingerprint density at radius 1 is 1.32 bits per heavy atom. The lowest BCUT2D eigenvalue weighted by Gasteiger charge is -2.21. The molecule has 1 unspecified atom stereocenters. The first kappa shape index (κ1) is 17.6. The van der Waals surface area contributed by atoms with E-state index in [1.807, 2.05) is 45.0 Å². The standard InChI is InChI=1S/C19H26N4O2/c1-12(2)16(10-11-24)20-19(25)17-18(14-6-7-14)23(22-21-17)15-8-4-13(3)5-9-15/h4-5,8-9,12,14,16,24H,6-7,10-11H2,1-3H3,(H,20,25). The number of aliphatic hydroxyl groups is 1. The molecule has 1 aliphatic rings. The molecule has 1 aromatic heterocycles. The van der Waals surface area contributed by atoms with Crippen molar-refractivity contribution in [2.45, 2.75) is 52.0 Å². The Morgan fingerprint density at radius 2 is 2.00 bits per heavy atom. The average Bonchev–Trinajstić information content (AvgIpc) is 3.33. The van der Waals surface area contributed by atoms with Gasteiger partial charge in [0.15, 0.2) is 5.69 Å². The highest BCUT2D eigenvalue weighted by molar-refractivity contribution is 5.94. The van der Waals surface area contributed by atoms with Crippen molar-refractivity contribution in [1.82, 2.24) is 20.3 Å². The van der Waals surface area contributed by atoms with Crippen LogP contribution in [0.2, 0.25) is 0 Å². The molecule has 3 rings (SSSR count). The second-order valence-corrected chi connectivity index (χ2v) is 7.18. The summed E-state index contributed by atoms with van der Waals surface area (Å²) in [6.07, 6.45) is 2.65. The Morgan fingerprint density at radius 3 is 2.56 bits per heavy atom. The van der Waals surface area contributed by atoms with E-state index in [4.69, 9.17) is 0 Å². The number of nitrogens with zero attached hydrogens (tertiary/aromatic N) is 3. The molecule has 0 saturated heterocycles. The first-order chi connectivity index (χ1) is 12.0. The molecule has 0 aliphatic heterocycles. The molecule has 6 nitrogen and oxygen atoms in total. The van der Waals surface area contributed by atoms with E-state index in [1.165, 1.54) is 5.56 Å². The molecule has 0 radical (unpaired) electrons. The minimum Gasteiger partial charge on any atom is -0.396 e. The molecule has 2 aromatic rings. The van der Waals surface area contributed by atoms with Gasteiger partial charge < -0.3 is 10.4 Å². The van der Waals surface area contributed by atoms with E-state index >= 15 is 0 Å². The predicted molar refractivity (Wildman–Crippen MR) is 95.9 cm³/mol. The predicted octanol–water partition coefficient (Wildman–Crippen LogP) is 2.59. The number of hydrogen-bond donors (Lipinski definition) is 2. The van der Waals surface area contributed by atoms with Crippen LogP contribution in [0.25, 0.3) is 5.69 Å². The summed E-state index contributed by atoms with van der Waals surface area (Å²) >= 11 is 0. The van der Waals surface area contributed by atoms with Crippen LogP contribution in [0, 0.1) is 12.8 Å². The molecule has 2 N–H and O–H groups in total. The molecule has 6 heteroatoms. The summed E-state index contributed by atoms with van der Waals surface area (Å²) in [5.74, 6) is 0.382. The summed E-state index contributed by atoms with van der Waals surface area (Å²) in [6.45, 7) is 6.16. The number of aliphatic hydroxyl groups excluding tert-OH is 1. The van der Waals surface area contributed by atoms with Crippen molar-refractivity contribution in [2.75, 3.05) is 6.61 Å². The third kappa shape index (κ3) is 3.90. The van der Waals surface area contributed by atoms with Crippen LogP contribution in [-0.4, -0.2) is 38.7 Å². The van der Waals surface area contributed by atoms with Crippen LogP contribution in [-0.2, 0) is 0 Å². The van der Waals surface area contributed by atoms with E-state index in [-0.39, 0.29) is 24.5 Å². The van der Waals surface area contributed by atoms with Crippen LogP contribution in [0.5, 0.6) is 0 Å². The van der Waals surface area contributed by atoms with Gasteiger partial charge in [-0.3, -0.25) is 4.79 Å². The Bertz CT molecular complexity index is 732. The number of carbonyl (C=O) groups is 1. The number of amides is 1. The maximum atomic E-state index is 12.8. The fourth-order valence-electron chi connectivity index (χ4n) is 3.00. The molecule has 1 aromatic carbocycles. The van der Waals surface area contributed by atoms with Crippen molar-refractivity contribution < 1.29 is 9.90 Å². The van der Waals surface area contributed by atoms with Gasteiger partial charge in [0.2, 0.25) is 0 Å². The summed E-state index contributed by atoms with van der Waals surface area (Å²) in [4.78, 5) is 12.8. The van der Waals surface area contributed by atoms with Gasteiger partial charge in [0.25, 0.3) is 5.91 Å². The maximum Gasteiger partial charge on any atom is 0.274 e. The van der Waals surface area contributed by atoms with Crippen LogP contribution in [0.15, 0.2) is 24.3 Å². The Hall–Kier alpha value is -2.21. The van der Waals surface area contributed by atoms with Crippen LogP contribution >= 0.6 is 0 Å². The van der Waals surface area contributed by atoms with Crippen molar-refractivity contribution in [2.24, 2.45) is 5.92 Å². The van der Waals surface area contributed by atoms with Gasteiger partial charge >= 0.3 is 0 Å². The zero-order valence-electron chi connectivity index (χ0n) is 15.1. The van der Waals surface area contributed by atoms with Crippen LogP contribution < -0.4 is 5.32 Å². The summed E-state index contributed by atoms with van der Waals surface area (Å²) in [5, 5.41) is 20.7. The van der Waals surface area contributed by atoms with Gasteiger partial charge in [-0.1, -0.05) is 36.8 Å². The molecule has 1 heterocycles.